The molecule has 0 aromatic heterocycles. The van der Waals surface area contributed by atoms with Crippen LogP contribution in [-0.4, -0.2) is 35.0 Å². The van der Waals surface area contributed by atoms with E-state index < -0.39 is 0 Å². The third-order valence-corrected chi connectivity index (χ3v) is 4.98. The van der Waals surface area contributed by atoms with Gasteiger partial charge in [0.25, 0.3) is 5.91 Å². The molecule has 5 heteroatoms. The fourth-order valence-electron chi connectivity index (χ4n) is 3.55. The third kappa shape index (κ3) is 3.21. The number of hydrazone groups is 1. The molecule has 1 atom stereocenters. The summed E-state index contributed by atoms with van der Waals surface area (Å²) < 4.78 is 0. The van der Waals surface area contributed by atoms with Crippen molar-refractivity contribution in [2.24, 2.45) is 5.10 Å². The summed E-state index contributed by atoms with van der Waals surface area (Å²) in [6.45, 7) is 4.88. The number of rotatable bonds is 3. The van der Waals surface area contributed by atoms with Gasteiger partial charge in [0.15, 0.2) is 0 Å². The van der Waals surface area contributed by atoms with Crippen molar-refractivity contribution in [1.82, 2.24) is 4.90 Å². The number of hydrogen-bond donors (Lipinski definition) is 0. The molecule has 1 fully saturated rings. The van der Waals surface area contributed by atoms with Crippen molar-refractivity contribution in [2.75, 3.05) is 11.6 Å². The monoisotopic (exact) mass is 327 g/mol. The second-order valence-electron chi connectivity index (χ2n) is 6.60. The van der Waals surface area contributed by atoms with Crippen molar-refractivity contribution in [3.63, 3.8) is 0 Å². The Labute approximate surface area is 143 Å². The van der Waals surface area contributed by atoms with Gasteiger partial charge in [0, 0.05) is 25.4 Å². The van der Waals surface area contributed by atoms with Crippen LogP contribution in [0.2, 0.25) is 0 Å². The molecule has 3 rings (SSSR count). The van der Waals surface area contributed by atoms with Crippen LogP contribution < -0.4 is 5.01 Å². The van der Waals surface area contributed by atoms with E-state index in [4.69, 9.17) is 0 Å². The Kier molecular flexibility index (Phi) is 4.97. The summed E-state index contributed by atoms with van der Waals surface area (Å²) in [7, 11) is 0. The van der Waals surface area contributed by atoms with Gasteiger partial charge in [-0.15, -0.1) is 0 Å². The summed E-state index contributed by atoms with van der Waals surface area (Å²) in [5.41, 5.74) is 2.25. The van der Waals surface area contributed by atoms with Crippen molar-refractivity contribution in [3.05, 3.63) is 29.8 Å². The van der Waals surface area contributed by atoms with Crippen LogP contribution >= 0.6 is 0 Å². The first-order valence-electron chi connectivity index (χ1n) is 8.89. The van der Waals surface area contributed by atoms with Gasteiger partial charge < -0.3 is 4.90 Å². The van der Waals surface area contributed by atoms with Gasteiger partial charge in [-0.1, -0.05) is 25.1 Å². The van der Waals surface area contributed by atoms with E-state index in [0.717, 1.165) is 37.1 Å². The number of likely N-dealkylation sites (tertiary alicyclic amines) is 1. The van der Waals surface area contributed by atoms with Gasteiger partial charge in [0.2, 0.25) is 5.91 Å². The van der Waals surface area contributed by atoms with Crippen molar-refractivity contribution in [3.8, 4) is 0 Å². The van der Waals surface area contributed by atoms with Gasteiger partial charge in [-0.05, 0) is 44.2 Å². The number of hydrogen-bond acceptors (Lipinski definition) is 3. The van der Waals surface area contributed by atoms with E-state index >= 15 is 0 Å². The van der Waals surface area contributed by atoms with Crippen LogP contribution in [0.1, 0.15) is 51.0 Å². The molecule has 0 aliphatic carbocycles. The Bertz CT molecular complexity index is 668. The summed E-state index contributed by atoms with van der Waals surface area (Å²) in [5.74, 6) is -0.0424. The highest BCUT2D eigenvalue weighted by Crippen LogP contribution is 2.26. The van der Waals surface area contributed by atoms with Crippen LogP contribution in [0.4, 0.5) is 5.69 Å². The average Bonchev–Trinajstić information content (AvgIpc) is 2.62. The lowest BCUT2D eigenvalue weighted by Crippen LogP contribution is -2.48. The second-order valence-corrected chi connectivity index (χ2v) is 6.60. The maximum Gasteiger partial charge on any atom is 0.270 e. The van der Waals surface area contributed by atoms with Crippen LogP contribution in [-0.2, 0) is 9.59 Å². The van der Waals surface area contributed by atoms with Gasteiger partial charge in [-0.2, -0.15) is 5.10 Å². The molecule has 1 aromatic rings. The third-order valence-electron chi connectivity index (χ3n) is 4.98. The number of piperidine rings is 1. The zero-order valence-electron chi connectivity index (χ0n) is 14.5. The number of carbonyl (C=O) groups is 2. The van der Waals surface area contributed by atoms with Crippen LogP contribution in [0.5, 0.6) is 0 Å². The molecule has 2 heterocycles. The number of anilines is 1. The Balaban J connectivity index is 1.87. The first kappa shape index (κ1) is 16.7. The number of para-hydroxylation sites is 1. The van der Waals surface area contributed by atoms with Crippen LogP contribution in [0.15, 0.2) is 29.4 Å². The average molecular weight is 327 g/mol. The number of benzene rings is 1. The number of aryl methyl sites for hydroxylation is 1. The maximum atomic E-state index is 12.9. The van der Waals surface area contributed by atoms with Crippen molar-refractivity contribution in [1.29, 1.82) is 0 Å². The normalized spacial score (nSPS) is 21.7. The van der Waals surface area contributed by atoms with E-state index in [0.29, 0.717) is 24.6 Å². The quantitative estimate of drug-likeness (QED) is 0.855. The maximum absolute atomic E-state index is 12.9. The standard InChI is InChI=1S/C19H25N3O2/c1-3-15-9-6-7-13-21(15)19(24)16-11-12-18(23)22(20-16)17-10-5-4-8-14(17)2/h4-5,8,10,15H,3,6-7,9,11-13H2,1-2H3/t15-/m1/s1. The topological polar surface area (TPSA) is 53.0 Å². The lowest BCUT2D eigenvalue weighted by atomic mass is 9.98. The molecule has 0 N–H and O–H groups in total. The molecular weight excluding hydrogens is 302 g/mol. The summed E-state index contributed by atoms with van der Waals surface area (Å²) >= 11 is 0. The number of carbonyl (C=O) groups excluding carboxylic acids is 2. The summed E-state index contributed by atoms with van der Waals surface area (Å²) in [5, 5.41) is 5.86. The van der Waals surface area contributed by atoms with Gasteiger partial charge in [-0.25, -0.2) is 5.01 Å². The molecule has 0 unspecified atom stereocenters. The molecule has 5 nitrogen and oxygen atoms in total. The largest absolute Gasteiger partial charge is 0.335 e. The minimum Gasteiger partial charge on any atom is -0.335 e. The molecule has 1 saturated heterocycles. The van der Waals surface area contributed by atoms with Gasteiger partial charge in [-0.3, -0.25) is 9.59 Å². The van der Waals surface area contributed by atoms with Crippen molar-refractivity contribution >= 4 is 23.2 Å². The van der Waals surface area contributed by atoms with Gasteiger partial charge in [0.05, 0.1) is 5.69 Å². The number of nitrogens with zero attached hydrogens (tertiary/aromatic N) is 3. The molecule has 24 heavy (non-hydrogen) atoms. The highest BCUT2D eigenvalue weighted by molar-refractivity contribution is 6.40. The summed E-state index contributed by atoms with van der Waals surface area (Å²) in [6, 6.07) is 7.95. The molecule has 2 amide bonds. The minimum atomic E-state index is -0.0495. The predicted molar refractivity (Wildman–Crippen MR) is 95.0 cm³/mol. The van der Waals surface area contributed by atoms with Crippen molar-refractivity contribution in [2.45, 2.75) is 58.4 Å². The first-order valence-corrected chi connectivity index (χ1v) is 8.89. The Morgan fingerprint density at radius 3 is 2.79 bits per heavy atom. The van der Waals surface area contributed by atoms with Crippen LogP contribution in [0.3, 0.4) is 0 Å². The second kappa shape index (κ2) is 7.16. The molecule has 2 aliphatic rings. The number of amides is 2. The van der Waals surface area contributed by atoms with Crippen molar-refractivity contribution < 1.29 is 9.59 Å². The lowest BCUT2D eigenvalue weighted by Gasteiger charge is -2.36. The van der Waals surface area contributed by atoms with E-state index in [9.17, 15) is 9.59 Å². The highest BCUT2D eigenvalue weighted by Gasteiger charge is 2.32. The molecule has 0 bridgehead atoms. The molecule has 128 valence electrons. The molecule has 0 saturated carbocycles. The Hall–Kier alpha value is -2.17. The minimum absolute atomic E-state index is 0.00707. The van der Waals surface area contributed by atoms with E-state index in [2.05, 4.69) is 12.0 Å². The van der Waals surface area contributed by atoms with Crippen LogP contribution in [0, 0.1) is 6.92 Å². The smallest absolute Gasteiger partial charge is 0.270 e. The fraction of sp³-hybridized carbons (Fsp3) is 0.526. The fourth-order valence-corrected chi connectivity index (χ4v) is 3.55. The molecule has 0 spiro atoms. The zero-order chi connectivity index (χ0) is 17.1. The SMILES string of the molecule is CC[C@@H]1CCCCN1C(=O)C1=NN(c2ccccc2C)C(=O)CC1. The zero-order valence-corrected chi connectivity index (χ0v) is 14.5. The Morgan fingerprint density at radius 2 is 2.04 bits per heavy atom. The van der Waals surface area contributed by atoms with E-state index in [-0.39, 0.29) is 11.8 Å². The summed E-state index contributed by atoms with van der Waals surface area (Å²) in [6.07, 6.45) is 5.05. The molecule has 1 aromatic carbocycles. The highest BCUT2D eigenvalue weighted by atomic mass is 16.2. The molecular formula is C19H25N3O2. The van der Waals surface area contributed by atoms with Gasteiger partial charge in [0.1, 0.15) is 5.71 Å². The van der Waals surface area contributed by atoms with E-state index in [1.807, 2.05) is 36.1 Å². The first-order chi connectivity index (χ1) is 11.6. The Morgan fingerprint density at radius 1 is 1.25 bits per heavy atom. The predicted octanol–water partition coefficient (Wildman–Crippen LogP) is 3.27. The summed E-state index contributed by atoms with van der Waals surface area (Å²) in [4.78, 5) is 27.2. The molecule has 2 aliphatic heterocycles. The van der Waals surface area contributed by atoms with E-state index in [1.54, 1.807) is 0 Å². The lowest BCUT2D eigenvalue weighted by molar-refractivity contribution is -0.127. The van der Waals surface area contributed by atoms with Crippen LogP contribution in [0.25, 0.3) is 0 Å². The van der Waals surface area contributed by atoms with E-state index in [1.165, 1.54) is 11.4 Å². The molecule has 0 radical (unpaired) electrons. The van der Waals surface area contributed by atoms with Gasteiger partial charge >= 0.3 is 0 Å².